The zero-order valence-corrected chi connectivity index (χ0v) is 11.1. The SMILES string of the molecule is CCOc1c(C(=O)NCCCC#N)cccc1[N+](=O)[O-]. The van der Waals surface area contributed by atoms with Crippen LogP contribution in [0.4, 0.5) is 5.69 Å². The Morgan fingerprint density at radius 2 is 2.30 bits per heavy atom. The van der Waals surface area contributed by atoms with Crippen LogP contribution in [0.25, 0.3) is 0 Å². The summed E-state index contributed by atoms with van der Waals surface area (Å²) in [6.45, 7) is 2.24. The molecule has 1 rings (SSSR count). The number of ether oxygens (including phenoxy) is 1. The highest BCUT2D eigenvalue weighted by molar-refractivity contribution is 5.98. The van der Waals surface area contributed by atoms with Crippen LogP contribution in [0, 0.1) is 21.4 Å². The average molecular weight is 277 g/mol. The molecule has 0 radical (unpaired) electrons. The summed E-state index contributed by atoms with van der Waals surface area (Å²) in [6.07, 6.45) is 0.870. The van der Waals surface area contributed by atoms with Crippen molar-refractivity contribution in [3.8, 4) is 11.8 Å². The second-order valence-electron chi connectivity index (χ2n) is 3.86. The van der Waals surface area contributed by atoms with Gasteiger partial charge in [-0.2, -0.15) is 5.26 Å². The minimum atomic E-state index is -0.586. The van der Waals surface area contributed by atoms with Crippen molar-refractivity contribution in [3.63, 3.8) is 0 Å². The first-order valence-corrected chi connectivity index (χ1v) is 6.17. The number of carbonyl (C=O) groups is 1. The number of amides is 1. The van der Waals surface area contributed by atoms with Gasteiger partial charge in [-0.05, 0) is 19.4 Å². The molecule has 0 saturated carbocycles. The molecular weight excluding hydrogens is 262 g/mol. The molecule has 1 aromatic rings. The first kappa shape index (κ1) is 15.4. The zero-order valence-electron chi connectivity index (χ0n) is 11.1. The average Bonchev–Trinajstić information content (AvgIpc) is 2.43. The molecule has 0 aliphatic carbocycles. The van der Waals surface area contributed by atoms with Crippen molar-refractivity contribution in [3.05, 3.63) is 33.9 Å². The van der Waals surface area contributed by atoms with Crippen molar-refractivity contribution < 1.29 is 14.5 Å². The fraction of sp³-hybridized carbons (Fsp3) is 0.385. The van der Waals surface area contributed by atoms with Gasteiger partial charge in [-0.1, -0.05) is 6.07 Å². The lowest BCUT2D eigenvalue weighted by atomic mass is 10.1. The predicted molar refractivity (Wildman–Crippen MR) is 71.4 cm³/mol. The Morgan fingerprint density at radius 3 is 2.90 bits per heavy atom. The highest BCUT2D eigenvalue weighted by Gasteiger charge is 2.22. The monoisotopic (exact) mass is 277 g/mol. The number of unbranched alkanes of at least 4 members (excludes halogenated alkanes) is 1. The first-order valence-electron chi connectivity index (χ1n) is 6.17. The van der Waals surface area contributed by atoms with Crippen LogP contribution in [0.15, 0.2) is 18.2 Å². The maximum Gasteiger partial charge on any atom is 0.311 e. The Morgan fingerprint density at radius 1 is 1.55 bits per heavy atom. The number of nitrogens with zero attached hydrogens (tertiary/aromatic N) is 2. The minimum Gasteiger partial charge on any atom is -0.487 e. The lowest BCUT2D eigenvalue weighted by molar-refractivity contribution is -0.385. The molecule has 0 fully saturated rings. The van der Waals surface area contributed by atoms with E-state index in [0.717, 1.165) is 0 Å². The highest BCUT2D eigenvalue weighted by Crippen LogP contribution is 2.30. The third kappa shape index (κ3) is 3.95. The van der Waals surface area contributed by atoms with Gasteiger partial charge in [-0.25, -0.2) is 0 Å². The van der Waals surface area contributed by atoms with Gasteiger partial charge in [0.2, 0.25) is 5.75 Å². The van der Waals surface area contributed by atoms with E-state index < -0.39 is 10.8 Å². The summed E-state index contributed by atoms with van der Waals surface area (Å²) >= 11 is 0. The number of carbonyl (C=O) groups excluding carboxylic acids is 1. The Kier molecular flexibility index (Phi) is 5.97. The van der Waals surface area contributed by atoms with Crippen LogP contribution in [0.3, 0.4) is 0 Å². The molecule has 0 saturated heterocycles. The van der Waals surface area contributed by atoms with Gasteiger partial charge in [0, 0.05) is 19.0 Å². The van der Waals surface area contributed by atoms with E-state index in [1.165, 1.54) is 18.2 Å². The van der Waals surface area contributed by atoms with Crippen molar-refractivity contribution in [1.82, 2.24) is 5.32 Å². The Balaban J connectivity index is 2.93. The van der Waals surface area contributed by atoms with Crippen LogP contribution >= 0.6 is 0 Å². The van der Waals surface area contributed by atoms with Crippen molar-refractivity contribution in [2.45, 2.75) is 19.8 Å². The summed E-state index contributed by atoms with van der Waals surface area (Å²) in [4.78, 5) is 22.3. The van der Waals surface area contributed by atoms with Gasteiger partial charge in [0.05, 0.1) is 23.2 Å². The van der Waals surface area contributed by atoms with Gasteiger partial charge in [0.1, 0.15) is 0 Å². The standard InChI is InChI=1S/C13H15N3O4/c1-2-20-12-10(6-5-7-11(12)16(18)19)13(17)15-9-4-3-8-14/h5-7H,2-4,9H2,1H3,(H,15,17). The molecule has 0 aliphatic rings. The third-order valence-electron chi connectivity index (χ3n) is 2.48. The molecule has 0 atom stereocenters. The number of para-hydroxylation sites is 1. The van der Waals surface area contributed by atoms with Crippen molar-refractivity contribution in [2.75, 3.05) is 13.2 Å². The number of hydrogen-bond donors (Lipinski definition) is 1. The summed E-state index contributed by atoms with van der Waals surface area (Å²) < 4.78 is 5.22. The van der Waals surface area contributed by atoms with E-state index in [2.05, 4.69) is 5.32 Å². The number of nitrogens with one attached hydrogen (secondary N) is 1. The number of nitriles is 1. The maximum atomic E-state index is 12.0. The smallest absolute Gasteiger partial charge is 0.311 e. The number of hydrogen-bond acceptors (Lipinski definition) is 5. The molecule has 7 heteroatoms. The van der Waals surface area contributed by atoms with E-state index >= 15 is 0 Å². The largest absolute Gasteiger partial charge is 0.487 e. The molecule has 0 aromatic heterocycles. The topological polar surface area (TPSA) is 105 Å². The third-order valence-corrected chi connectivity index (χ3v) is 2.48. The van der Waals surface area contributed by atoms with Gasteiger partial charge in [-0.15, -0.1) is 0 Å². The molecule has 0 unspecified atom stereocenters. The van der Waals surface area contributed by atoms with E-state index in [9.17, 15) is 14.9 Å². The maximum absolute atomic E-state index is 12.0. The number of nitro groups is 1. The van der Waals surface area contributed by atoms with Crippen LogP contribution in [-0.2, 0) is 0 Å². The summed E-state index contributed by atoms with van der Waals surface area (Å²) in [5.74, 6) is -0.479. The molecule has 0 heterocycles. The summed E-state index contributed by atoms with van der Waals surface area (Å²) in [6, 6.07) is 6.17. The summed E-state index contributed by atoms with van der Waals surface area (Å²) in [7, 11) is 0. The molecule has 0 aliphatic heterocycles. The Labute approximate surface area is 116 Å². The van der Waals surface area contributed by atoms with E-state index in [1.807, 2.05) is 6.07 Å². The first-order chi connectivity index (χ1) is 9.61. The van der Waals surface area contributed by atoms with Crippen LogP contribution < -0.4 is 10.1 Å². The van der Waals surface area contributed by atoms with E-state index in [-0.39, 0.29) is 23.6 Å². The molecule has 0 spiro atoms. The van der Waals surface area contributed by atoms with Gasteiger partial charge in [0.25, 0.3) is 5.91 Å². The molecule has 1 amide bonds. The van der Waals surface area contributed by atoms with Gasteiger partial charge >= 0.3 is 5.69 Å². The fourth-order valence-electron chi connectivity index (χ4n) is 1.61. The molecular formula is C13H15N3O4. The second-order valence-corrected chi connectivity index (χ2v) is 3.86. The predicted octanol–water partition coefficient (Wildman–Crippen LogP) is 2.03. The zero-order chi connectivity index (χ0) is 15.0. The molecule has 0 bridgehead atoms. The van der Waals surface area contributed by atoms with Crippen molar-refractivity contribution >= 4 is 11.6 Å². The lowest BCUT2D eigenvalue weighted by Gasteiger charge is -2.10. The summed E-state index contributed by atoms with van der Waals surface area (Å²) in [5.41, 5.74) is -0.116. The molecule has 106 valence electrons. The molecule has 7 nitrogen and oxygen atoms in total. The highest BCUT2D eigenvalue weighted by atomic mass is 16.6. The Hall–Kier alpha value is -2.62. The summed E-state index contributed by atoms with van der Waals surface area (Å²) in [5, 5.41) is 21.9. The number of rotatable bonds is 7. The van der Waals surface area contributed by atoms with E-state index in [4.69, 9.17) is 10.00 Å². The lowest BCUT2D eigenvalue weighted by Crippen LogP contribution is -2.25. The van der Waals surface area contributed by atoms with E-state index in [0.29, 0.717) is 19.4 Å². The van der Waals surface area contributed by atoms with Gasteiger partial charge in [0.15, 0.2) is 0 Å². The minimum absolute atomic E-state index is 0.0298. The van der Waals surface area contributed by atoms with Gasteiger partial charge in [-0.3, -0.25) is 14.9 Å². The fourth-order valence-corrected chi connectivity index (χ4v) is 1.61. The molecule has 1 N–H and O–H groups in total. The number of benzene rings is 1. The molecule has 1 aromatic carbocycles. The van der Waals surface area contributed by atoms with E-state index in [1.54, 1.807) is 6.92 Å². The van der Waals surface area contributed by atoms with Crippen molar-refractivity contribution in [2.24, 2.45) is 0 Å². The van der Waals surface area contributed by atoms with Gasteiger partial charge < -0.3 is 10.1 Å². The normalized spacial score (nSPS) is 9.60. The van der Waals surface area contributed by atoms with Crippen LogP contribution in [-0.4, -0.2) is 24.0 Å². The second kappa shape index (κ2) is 7.74. The van der Waals surface area contributed by atoms with Crippen LogP contribution in [0.5, 0.6) is 5.75 Å². The number of nitro benzene ring substituents is 1. The Bertz CT molecular complexity index is 537. The van der Waals surface area contributed by atoms with Crippen molar-refractivity contribution in [1.29, 1.82) is 5.26 Å². The molecule has 20 heavy (non-hydrogen) atoms. The van der Waals surface area contributed by atoms with Crippen LogP contribution in [0.2, 0.25) is 0 Å². The van der Waals surface area contributed by atoms with Crippen LogP contribution in [0.1, 0.15) is 30.1 Å². The quantitative estimate of drug-likeness (QED) is 0.466.